The Kier molecular flexibility index (Phi) is 4.72. The van der Waals surface area contributed by atoms with Crippen molar-refractivity contribution in [3.8, 4) is 0 Å². The second kappa shape index (κ2) is 6.32. The number of nitrogens with zero attached hydrogens (tertiary/aromatic N) is 3. The van der Waals surface area contributed by atoms with Crippen molar-refractivity contribution in [2.45, 2.75) is 12.2 Å². The van der Waals surface area contributed by atoms with Gasteiger partial charge in [-0.15, -0.1) is 0 Å². The third kappa shape index (κ3) is 3.77. The molecule has 0 radical (unpaired) electrons. The Bertz CT molecular complexity index is 430. The van der Waals surface area contributed by atoms with Crippen molar-refractivity contribution in [1.82, 2.24) is 14.8 Å². The van der Waals surface area contributed by atoms with Gasteiger partial charge in [0.1, 0.15) is 6.29 Å². The Balaban J connectivity index is 1.90. The monoisotopic (exact) mass is 287 g/mol. The highest BCUT2D eigenvalue weighted by Gasteiger charge is 2.38. The van der Waals surface area contributed by atoms with Gasteiger partial charge in [-0.2, -0.15) is 13.2 Å². The van der Waals surface area contributed by atoms with E-state index in [4.69, 9.17) is 0 Å². The molecule has 2 rings (SSSR count). The summed E-state index contributed by atoms with van der Waals surface area (Å²) in [7, 11) is 0. The number of aldehydes is 1. The van der Waals surface area contributed by atoms with E-state index in [-0.39, 0.29) is 19.0 Å². The fourth-order valence-corrected chi connectivity index (χ4v) is 2.28. The standard InChI is InChI=1S/C13H16F3N3O/c14-13(15,16)19-6-4-18(5-7-19)9-12(10-20)11-2-1-3-17-8-11/h1-3,8,10,12H,4-7,9H2. The maximum Gasteiger partial charge on any atom is 0.460 e. The van der Waals surface area contributed by atoms with E-state index in [0.29, 0.717) is 24.5 Å². The van der Waals surface area contributed by atoms with E-state index < -0.39 is 6.30 Å². The molecule has 1 aromatic rings. The number of aromatic nitrogens is 1. The van der Waals surface area contributed by atoms with E-state index in [2.05, 4.69) is 4.98 Å². The van der Waals surface area contributed by atoms with E-state index in [1.54, 1.807) is 24.5 Å². The highest BCUT2D eigenvalue weighted by Crippen LogP contribution is 2.23. The van der Waals surface area contributed by atoms with Gasteiger partial charge in [-0.05, 0) is 11.6 Å². The zero-order valence-corrected chi connectivity index (χ0v) is 10.9. The summed E-state index contributed by atoms with van der Waals surface area (Å²) in [5.41, 5.74) is 0.792. The van der Waals surface area contributed by atoms with Gasteiger partial charge in [0.15, 0.2) is 0 Å². The molecule has 0 aromatic carbocycles. The number of piperazine rings is 1. The maximum absolute atomic E-state index is 12.5. The van der Waals surface area contributed by atoms with Crippen LogP contribution in [0.4, 0.5) is 13.2 Å². The van der Waals surface area contributed by atoms with Gasteiger partial charge in [0.05, 0.1) is 5.92 Å². The number of carbonyl (C=O) groups excluding carboxylic acids is 1. The van der Waals surface area contributed by atoms with E-state index in [9.17, 15) is 18.0 Å². The zero-order chi connectivity index (χ0) is 14.6. The smallest absolute Gasteiger partial charge is 0.303 e. The predicted molar refractivity (Wildman–Crippen MR) is 67.1 cm³/mol. The van der Waals surface area contributed by atoms with Crippen molar-refractivity contribution in [2.75, 3.05) is 32.7 Å². The summed E-state index contributed by atoms with van der Waals surface area (Å²) in [6.07, 6.45) is -0.203. The van der Waals surface area contributed by atoms with Crippen LogP contribution in [0.1, 0.15) is 11.5 Å². The molecule has 4 nitrogen and oxygen atoms in total. The first kappa shape index (κ1) is 14.9. The number of hydrogen-bond acceptors (Lipinski definition) is 4. The second-order valence-corrected chi connectivity index (χ2v) is 4.78. The fraction of sp³-hybridized carbons (Fsp3) is 0.538. The number of rotatable bonds is 4. The van der Waals surface area contributed by atoms with E-state index in [1.807, 2.05) is 4.90 Å². The van der Waals surface area contributed by atoms with Crippen LogP contribution in [0.15, 0.2) is 24.5 Å². The first-order chi connectivity index (χ1) is 9.50. The molecule has 2 heterocycles. The lowest BCUT2D eigenvalue weighted by molar-refractivity contribution is -0.252. The summed E-state index contributed by atoms with van der Waals surface area (Å²) in [6, 6.07) is 3.55. The summed E-state index contributed by atoms with van der Waals surface area (Å²) in [4.78, 5) is 17.5. The van der Waals surface area contributed by atoms with Gasteiger partial charge in [-0.25, -0.2) is 4.90 Å². The molecule has 110 valence electrons. The molecule has 0 bridgehead atoms. The van der Waals surface area contributed by atoms with Gasteiger partial charge in [0.25, 0.3) is 0 Å². The molecule has 0 spiro atoms. The van der Waals surface area contributed by atoms with Crippen molar-refractivity contribution in [3.05, 3.63) is 30.1 Å². The second-order valence-electron chi connectivity index (χ2n) is 4.78. The summed E-state index contributed by atoms with van der Waals surface area (Å²) < 4.78 is 37.5. The van der Waals surface area contributed by atoms with Crippen LogP contribution in [0.2, 0.25) is 0 Å². The van der Waals surface area contributed by atoms with Gasteiger partial charge >= 0.3 is 6.30 Å². The quantitative estimate of drug-likeness (QED) is 0.621. The summed E-state index contributed by atoms with van der Waals surface area (Å²) in [5, 5.41) is 0. The molecule has 7 heteroatoms. The number of alkyl halides is 3. The van der Waals surface area contributed by atoms with Crippen LogP contribution in [0, 0.1) is 0 Å². The minimum absolute atomic E-state index is 0.0535. The minimum Gasteiger partial charge on any atom is -0.303 e. The molecule has 1 aliphatic rings. The molecule has 1 saturated heterocycles. The maximum atomic E-state index is 12.5. The van der Waals surface area contributed by atoms with Crippen LogP contribution < -0.4 is 0 Å². The van der Waals surface area contributed by atoms with Gasteiger partial charge in [-0.1, -0.05) is 6.07 Å². The first-order valence-electron chi connectivity index (χ1n) is 6.40. The Labute approximate surface area is 115 Å². The molecule has 1 atom stereocenters. The van der Waals surface area contributed by atoms with Crippen molar-refractivity contribution in [1.29, 1.82) is 0 Å². The molecular weight excluding hydrogens is 271 g/mol. The molecule has 1 aliphatic heterocycles. The van der Waals surface area contributed by atoms with E-state index >= 15 is 0 Å². The van der Waals surface area contributed by atoms with Gasteiger partial charge in [-0.3, -0.25) is 9.88 Å². The molecule has 1 fully saturated rings. The van der Waals surface area contributed by atoms with E-state index in [0.717, 1.165) is 11.8 Å². The SMILES string of the molecule is O=CC(CN1CCN(C(F)(F)F)CC1)c1cccnc1. The Morgan fingerprint density at radius 2 is 2.00 bits per heavy atom. The van der Waals surface area contributed by atoms with Crippen LogP contribution in [-0.2, 0) is 4.79 Å². The molecule has 0 aliphatic carbocycles. The third-order valence-corrected chi connectivity index (χ3v) is 3.46. The molecule has 1 aromatic heterocycles. The Morgan fingerprint density at radius 1 is 1.30 bits per heavy atom. The summed E-state index contributed by atoms with van der Waals surface area (Å²) in [5.74, 6) is -0.346. The van der Waals surface area contributed by atoms with Crippen LogP contribution >= 0.6 is 0 Å². The normalized spacial score (nSPS) is 19.8. The molecule has 0 saturated carbocycles. The lowest BCUT2D eigenvalue weighted by atomic mass is 10.0. The molecule has 1 unspecified atom stereocenters. The van der Waals surface area contributed by atoms with Crippen LogP contribution in [-0.4, -0.2) is 60.1 Å². The summed E-state index contributed by atoms with van der Waals surface area (Å²) in [6.45, 7) is 0.944. The average molecular weight is 287 g/mol. The van der Waals surface area contributed by atoms with Crippen molar-refractivity contribution < 1.29 is 18.0 Å². The fourth-order valence-electron chi connectivity index (χ4n) is 2.28. The van der Waals surface area contributed by atoms with Gasteiger partial charge < -0.3 is 4.79 Å². The lowest BCUT2D eigenvalue weighted by Crippen LogP contribution is -2.52. The molecule has 0 N–H and O–H groups in total. The van der Waals surface area contributed by atoms with Crippen LogP contribution in [0.5, 0.6) is 0 Å². The predicted octanol–water partition coefficient (Wildman–Crippen LogP) is 1.50. The van der Waals surface area contributed by atoms with Crippen molar-refractivity contribution in [2.24, 2.45) is 0 Å². The minimum atomic E-state index is -4.26. The van der Waals surface area contributed by atoms with E-state index in [1.165, 1.54) is 0 Å². The number of pyridine rings is 1. The Morgan fingerprint density at radius 3 is 2.50 bits per heavy atom. The topological polar surface area (TPSA) is 36.4 Å². The number of halogens is 3. The summed E-state index contributed by atoms with van der Waals surface area (Å²) >= 11 is 0. The average Bonchev–Trinajstić information content (AvgIpc) is 2.45. The molecule has 20 heavy (non-hydrogen) atoms. The van der Waals surface area contributed by atoms with Gasteiger partial charge in [0.2, 0.25) is 0 Å². The third-order valence-electron chi connectivity index (χ3n) is 3.46. The van der Waals surface area contributed by atoms with Crippen molar-refractivity contribution in [3.63, 3.8) is 0 Å². The van der Waals surface area contributed by atoms with Gasteiger partial charge in [0, 0.05) is 45.1 Å². The van der Waals surface area contributed by atoms with Crippen molar-refractivity contribution >= 4 is 6.29 Å². The number of carbonyl (C=O) groups is 1. The molecule has 0 amide bonds. The Hall–Kier alpha value is -1.47. The number of hydrogen-bond donors (Lipinski definition) is 0. The zero-order valence-electron chi connectivity index (χ0n) is 10.9. The highest BCUT2D eigenvalue weighted by atomic mass is 19.4. The lowest BCUT2D eigenvalue weighted by Gasteiger charge is -2.36. The first-order valence-corrected chi connectivity index (χ1v) is 6.40. The highest BCUT2D eigenvalue weighted by molar-refractivity contribution is 5.62. The van der Waals surface area contributed by atoms with Crippen LogP contribution in [0.3, 0.4) is 0 Å². The molecular formula is C13H16F3N3O. The van der Waals surface area contributed by atoms with Crippen LogP contribution in [0.25, 0.3) is 0 Å². The largest absolute Gasteiger partial charge is 0.460 e.